The van der Waals surface area contributed by atoms with Gasteiger partial charge in [0.2, 0.25) is 0 Å². The summed E-state index contributed by atoms with van der Waals surface area (Å²) in [5, 5.41) is 3.23. The third-order valence-corrected chi connectivity index (χ3v) is 2.18. The average Bonchev–Trinajstić information content (AvgIpc) is 2.24. The molecule has 0 atom stereocenters. The summed E-state index contributed by atoms with van der Waals surface area (Å²) in [4.78, 5) is 4.20. The van der Waals surface area contributed by atoms with Crippen LogP contribution in [0.1, 0.15) is 5.56 Å². The van der Waals surface area contributed by atoms with E-state index in [4.69, 9.17) is 5.73 Å². The Morgan fingerprint density at radius 2 is 2.07 bits per heavy atom. The monoisotopic (exact) mass is 199 g/mol. The van der Waals surface area contributed by atoms with Crippen LogP contribution in [-0.2, 0) is 0 Å². The summed E-state index contributed by atoms with van der Waals surface area (Å²) in [6, 6.07) is 11.5. The van der Waals surface area contributed by atoms with Crippen LogP contribution in [0.25, 0.3) is 0 Å². The molecule has 3 heteroatoms. The van der Waals surface area contributed by atoms with Crippen molar-refractivity contribution in [1.29, 1.82) is 0 Å². The van der Waals surface area contributed by atoms with E-state index in [0.29, 0.717) is 0 Å². The van der Waals surface area contributed by atoms with Gasteiger partial charge in [-0.3, -0.25) is 0 Å². The van der Waals surface area contributed by atoms with E-state index in [1.807, 2.05) is 43.3 Å². The number of hydrogen-bond donors (Lipinski definition) is 2. The van der Waals surface area contributed by atoms with Crippen LogP contribution in [0.15, 0.2) is 42.6 Å². The Balaban J connectivity index is 2.25. The highest BCUT2D eigenvalue weighted by molar-refractivity contribution is 5.63. The Hall–Kier alpha value is -2.03. The number of nitrogens with one attached hydrogen (secondary N) is 1. The van der Waals surface area contributed by atoms with E-state index in [0.717, 1.165) is 22.8 Å². The Labute approximate surface area is 89.0 Å². The van der Waals surface area contributed by atoms with E-state index in [-0.39, 0.29) is 0 Å². The van der Waals surface area contributed by atoms with Gasteiger partial charge >= 0.3 is 0 Å². The molecule has 0 saturated carbocycles. The number of pyridine rings is 1. The quantitative estimate of drug-likeness (QED) is 0.731. The van der Waals surface area contributed by atoms with Crippen molar-refractivity contribution in [3.63, 3.8) is 0 Å². The minimum Gasteiger partial charge on any atom is -0.399 e. The summed E-state index contributed by atoms with van der Waals surface area (Å²) in [7, 11) is 0. The molecule has 1 heterocycles. The first-order valence-electron chi connectivity index (χ1n) is 4.80. The van der Waals surface area contributed by atoms with E-state index in [9.17, 15) is 0 Å². The third kappa shape index (κ3) is 2.26. The normalized spacial score (nSPS) is 9.93. The summed E-state index contributed by atoms with van der Waals surface area (Å²) in [5.74, 6) is 0.838. The highest BCUT2D eigenvalue weighted by Gasteiger charge is 1.99. The van der Waals surface area contributed by atoms with Crippen LogP contribution >= 0.6 is 0 Å². The highest BCUT2D eigenvalue weighted by Crippen LogP contribution is 2.20. The summed E-state index contributed by atoms with van der Waals surface area (Å²) in [6.45, 7) is 2.02. The van der Waals surface area contributed by atoms with Gasteiger partial charge in [-0.25, -0.2) is 4.98 Å². The predicted molar refractivity (Wildman–Crippen MR) is 63.1 cm³/mol. The molecular weight excluding hydrogens is 186 g/mol. The average molecular weight is 199 g/mol. The second kappa shape index (κ2) is 4.00. The standard InChI is InChI=1S/C12H13N3/c1-9-8-10(13)5-6-11(9)15-12-4-2-3-7-14-12/h2-8H,13H2,1H3,(H,14,15). The van der Waals surface area contributed by atoms with Gasteiger partial charge in [0, 0.05) is 17.6 Å². The Morgan fingerprint density at radius 1 is 1.20 bits per heavy atom. The molecule has 1 aromatic carbocycles. The number of aryl methyl sites for hydroxylation is 1. The lowest BCUT2D eigenvalue weighted by Gasteiger charge is -2.08. The minimum atomic E-state index is 0.777. The zero-order valence-corrected chi connectivity index (χ0v) is 8.57. The molecule has 0 radical (unpaired) electrons. The molecule has 0 aliphatic rings. The number of anilines is 3. The fraction of sp³-hybridized carbons (Fsp3) is 0.0833. The lowest BCUT2D eigenvalue weighted by molar-refractivity contribution is 1.30. The molecule has 3 nitrogen and oxygen atoms in total. The largest absolute Gasteiger partial charge is 0.399 e. The molecule has 3 N–H and O–H groups in total. The van der Waals surface area contributed by atoms with Crippen LogP contribution in [-0.4, -0.2) is 4.98 Å². The maximum atomic E-state index is 5.68. The molecule has 0 aliphatic heterocycles. The number of nitrogen functional groups attached to an aromatic ring is 1. The fourth-order valence-electron chi connectivity index (χ4n) is 1.40. The number of nitrogens with zero attached hydrogens (tertiary/aromatic N) is 1. The van der Waals surface area contributed by atoms with Gasteiger partial charge in [0.05, 0.1) is 0 Å². The van der Waals surface area contributed by atoms with Crippen molar-refractivity contribution in [1.82, 2.24) is 4.98 Å². The molecule has 0 unspecified atom stereocenters. The molecule has 0 bridgehead atoms. The van der Waals surface area contributed by atoms with Crippen LogP contribution < -0.4 is 11.1 Å². The highest BCUT2D eigenvalue weighted by atomic mass is 15.0. The van der Waals surface area contributed by atoms with Crippen molar-refractivity contribution in [3.05, 3.63) is 48.2 Å². The Kier molecular flexibility index (Phi) is 2.54. The Bertz CT molecular complexity index is 452. The van der Waals surface area contributed by atoms with Gasteiger partial charge in [-0.2, -0.15) is 0 Å². The van der Waals surface area contributed by atoms with Crippen molar-refractivity contribution >= 4 is 17.2 Å². The van der Waals surface area contributed by atoms with E-state index in [2.05, 4.69) is 10.3 Å². The summed E-state index contributed by atoms with van der Waals surface area (Å²) >= 11 is 0. The zero-order chi connectivity index (χ0) is 10.7. The van der Waals surface area contributed by atoms with Gasteiger partial charge in [-0.05, 0) is 42.8 Å². The minimum absolute atomic E-state index is 0.777. The molecule has 76 valence electrons. The maximum absolute atomic E-state index is 5.68. The smallest absolute Gasteiger partial charge is 0.130 e. The van der Waals surface area contributed by atoms with Gasteiger partial charge in [-0.1, -0.05) is 6.07 Å². The molecule has 0 amide bonds. The van der Waals surface area contributed by atoms with Gasteiger partial charge in [0.15, 0.2) is 0 Å². The fourth-order valence-corrected chi connectivity index (χ4v) is 1.40. The van der Waals surface area contributed by atoms with Gasteiger partial charge in [0.25, 0.3) is 0 Å². The second-order valence-corrected chi connectivity index (χ2v) is 3.41. The first kappa shape index (κ1) is 9.52. The molecule has 0 fully saturated rings. The zero-order valence-electron chi connectivity index (χ0n) is 8.57. The first-order valence-corrected chi connectivity index (χ1v) is 4.80. The number of rotatable bonds is 2. The van der Waals surface area contributed by atoms with Gasteiger partial charge < -0.3 is 11.1 Å². The van der Waals surface area contributed by atoms with Crippen LogP contribution in [0, 0.1) is 6.92 Å². The van der Waals surface area contributed by atoms with Crippen molar-refractivity contribution in [2.24, 2.45) is 0 Å². The molecular formula is C12H13N3. The van der Waals surface area contributed by atoms with Gasteiger partial charge in [-0.15, -0.1) is 0 Å². The maximum Gasteiger partial charge on any atom is 0.130 e. The predicted octanol–water partition coefficient (Wildman–Crippen LogP) is 2.72. The molecule has 2 rings (SSSR count). The number of hydrogen-bond acceptors (Lipinski definition) is 3. The molecule has 1 aromatic heterocycles. The Morgan fingerprint density at radius 3 is 2.73 bits per heavy atom. The van der Waals surface area contributed by atoms with Crippen LogP contribution in [0.4, 0.5) is 17.2 Å². The van der Waals surface area contributed by atoms with E-state index in [1.54, 1.807) is 6.20 Å². The molecule has 0 aliphatic carbocycles. The van der Waals surface area contributed by atoms with Crippen molar-refractivity contribution < 1.29 is 0 Å². The second-order valence-electron chi connectivity index (χ2n) is 3.41. The summed E-state index contributed by atoms with van der Waals surface area (Å²) in [5.41, 5.74) is 8.60. The van der Waals surface area contributed by atoms with Crippen molar-refractivity contribution in [2.45, 2.75) is 6.92 Å². The topological polar surface area (TPSA) is 50.9 Å². The van der Waals surface area contributed by atoms with Gasteiger partial charge in [0.1, 0.15) is 5.82 Å². The van der Waals surface area contributed by atoms with E-state index in [1.165, 1.54) is 0 Å². The molecule has 2 aromatic rings. The van der Waals surface area contributed by atoms with E-state index >= 15 is 0 Å². The van der Waals surface area contributed by atoms with E-state index < -0.39 is 0 Å². The summed E-state index contributed by atoms with van der Waals surface area (Å²) < 4.78 is 0. The number of aromatic nitrogens is 1. The van der Waals surface area contributed by atoms with Crippen LogP contribution in [0.5, 0.6) is 0 Å². The van der Waals surface area contributed by atoms with Crippen LogP contribution in [0.3, 0.4) is 0 Å². The number of benzene rings is 1. The number of nitrogens with two attached hydrogens (primary N) is 1. The van der Waals surface area contributed by atoms with Crippen LogP contribution in [0.2, 0.25) is 0 Å². The first-order chi connectivity index (χ1) is 7.25. The molecule has 15 heavy (non-hydrogen) atoms. The third-order valence-electron chi connectivity index (χ3n) is 2.18. The lowest BCUT2D eigenvalue weighted by Crippen LogP contribution is -1.96. The summed E-state index contributed by atoms with van der Waals surface area (Å²) in [6.07, 6.45) is 1.76. The molecule has 0 saturated heterocycles. The van der Waals surface area contributed by atoms with Crippen molar-refractivity contribution in [3.8, 4) is 0 Å². The molecule has 0 spiro atoms. The SMILES string of the molecule is Cc1cc(N)ccc1Nc1ccccn1. The van der Waals surface area contributed by atoms with Crippen molar-refractivity contribution in [2.75, 3.05) is 11.1 Å². The lowest BCUT2D eigenvalue weighted by atomic mass is 10.2.